The van der Waals surface area contributed by atoms with Gasteiger partial charge in [-0.2, -0.15) is 0 Å². The summed E-state index contributed by atoms with van der Waals surface area (Å²) in [4.78, 5) is 0. The largest absolute Gasteiger partial charge is 0.330 e. The Bertz CT molecular complexity index is 706. The smallest absolute Gasteiger partial charge is 0.0326 e. The number of benzene rings is 2. The number of rotatable bonds is 21. The van der Waals surface area contributed by atoms with Crippen molar-refractivity contribution in [2.45, 2.75) is 122 Å². The predicted octanol–water partition coefficient (Wildman–Crippen LogP) is 9.08. The normalized spacial score (nSPS) is 12.4. The van der Waals surface area contributed by atoms with Crippen molar-refractivity contribution < 1.29 is 0 Å². The maximum Gasteiger partial charge on any atom is 0.0326 e. The predicted molar refractivity (Wildman–Crippen MR) is 148 cm³/mol. The topological polar surface area (TPSA) is 38.0 Å². The summed E-state index contributed by atoms with van der Waals surface area (Å²) in [5, 5.41) is 6.54. The molecule has 0 aliphatic carbocycles. The Balaban J connectivity index is 1.58. The summed E-state index contributed by atoms with van der Waals surface area (Å²) in [7, 11) is 0. The number of unbranched alkanes of at least 4 members (excludes halogenated alkanes) is 14. The molecular formula is C31H52N2. The first kappa shape index (κ1) is 27.9. The maximum absolute atomic E-state index is 5.74. The molecule has 2 aromatic carbocycles. The third kappa shape index (κ3) is 12.1. The summed E-state index contributed by atoms with van der Waals surface area (Å²) >= 11 is 0. The lowest BCUT2D eigenvalue weighted by atomic mass is 9.94. The van der Waals surface area contributed by atoms with Crippen molar-refractivity contribution in [3.63, 3.8) is 0 Å². The van der Waals surface area contributed by atoms with Crippen LogP contribution in [0.4, 0.5) is 0 Å². The van der Waals surface area contributed by atoms with Gasteiger partial charge in [-0.25, -0.2) is 0 Å². The van der Waals surface area contributed by atoms with Crippen LogP contribution in [-0.4, -0.2) is 13.1 Å². The molecule has 0 aromatic heterocycles. The number of fused-ring (bicyclic) bond motifs is 1. The fraction of sp³-hybridized carbons (Fsp3) is 0.677. The van der Waals surface area contributed by atoms with Crippen LogP contribution in [0.1, 0.15) is 128 Å². The molecule has 0 spiro atoms. The van der Waals surface area contributed by atoms with Crippen molar-refractivity contribution in [2.75, 3.05) is 13.1 Å². The monoisotopic (exact) mass is 452 g/mol. The summed E-state index contributed by atoms with van der Waals surface area (Å²) in [6.07, 6.45) is 23.6. The van der Waals surface area contributed by atoms with Crippen LogP contribution in [0.15, 0.2) is 42.5 Å². The van der Waals surface area contributed by atoms with Crippen molar-refractivity contribution in [3.8, 4) is 0 Å². The minimum absolute atomic E-state index is 0.435. The Morgan fingerprint density at radius 2 is 1.18 bits per heavy atom. The third-order valence-electron chi connectivity index (χ3n) is 7.07. The average Bonchev–Trinajstić information content (AvgIpc) is 2.85. The SMILES string of the molecule is CCCCCCCCCCCCCCCCCC(NCCCN)c1cccc2ccccc12. The number of hydrogen-bond acceptors (Lipinski definition) is 2. The van der Waals surface area contributed by atoms with E-state index in [1.807, 2.05) is 0 Å². The zero-order valence-corrected chi connectivity index (χ0v) is 21.6. The molecule has 2 aromatic rings. The summed E-state index contributed by atoms with van der Waals surface area (Å²) in [5.41, 5.74) is 7.19. The molecule has 1 unspecified atom stereocenters. The van der Waals surface area contributed by atoms with Gasteiger partial charge < -0.3 is 11.1 Å². The molecule has 0 aliphatic rings. The van der Waals surface area contributed by atoms with Gasteiger partial charge in [-0.15, -0.1) is 0 Å². The number of hydrogen-bond donors (Lipinski definition) is 2. The second kappa shape index (κ2) is 19.0. The molecule has 1 atom stereocenters. The van der Waals surface area contributed by atoms with Gasteiger partial charge in [0.2, 0.25) is 0 Å². The van der Waals surface area contributed by atoms with E-state index < -0.39 is 0 Å². The maximum atomic E-state index is 5.74. The van der Waals surface area contributed by atoms with E-state index in [0.717, 1.165) is 19.5 Å². The van der Waals surface area contributed by atoms with E-state index in [4.69, 9.17) is 5.73 Å². The highest BCUT2D eigenvalue weighted by molar-refractivity contribution is 5.86. The highest BCUT2D eigenvalue weighted by Crippen LogP contribution is 2.28. The first-order valence-corrected chi connectivity index (χ1v) is 14.3. The molecular weight excluding hydrogens is 400 g/mol. The van der Waals surface area contributed by atoms with Crippen LogP contribution in [0.25, 0.3) is 10.8 Å². The summed E-state index contributed by atoms with van der Waals surface area (Å²) < 4.78 is 0. The Hall–Kier alpha value is -1.38. The molecule has 3 N–H and O–H groups in total. The molecule has 186 valence electrons. The summed E-state index contributed by atoms with van der Waals surface area (Å²) in [6.45, 7) is 4.06. The van der Waals surface area contributed by atoms with Crippen LogP contribution in [-0.2, 0) is 0 Å². The van der Waals surface area contributed by atoms with Crippen molar-refractivity contribution >= 4 is 10.8 Å². The molecule has 0 aliphatic heterocycles. The Morgan fingerprint density at radius 3 is 1.79 bits per heavy atom. The van der Waals surface area contributed by atoms with Crippen LogP contribution < -0.4 is 11.1 Å². The van der Waals surface area contributed by atoms with Gasteiger partial charge in [-0.1, -0.05) is 146 Å². The van der Waals surface area contributed by atoms with Gasteiger partial charge in [0.05, 0.1) is 0 Å². The molecule has 33 heavy (non-hydrogen) atoms. The van der Waals surface area contributed by atoms with Gasteiger partial charge in [0.1, 0.15) is 0 Å². The molecule has 0 saturated heterocycles. The van der Waals surface area contributed by atoms with Gasteiger partial charge in [0.25, 0.3) is 0 Å². The van der Waals surface area contributed by atoms with Gasteiger partial charge in [-0.3, -0.25) is 0 Å². The van der Waals surface area contributed by atoms with E-state index in [-0.39, 0.29) is 0 Å². The van der Waals surface area contributed by atoms with Crippen molar-refractivity contribution in [1.82, 2.24) is 5.32 Å². The van der Waals surface area contributed by atoms with Gasteiger partial charge in [0, 0.05) is 6.04 Å². The van der Waals surface area contributed by atoms with Gasteiger partial charge in [0.15, 0.2) is 0 Å². The fourth-order valence-corrected chi connectivity index (χ4v) is 5.02. The van der Waals surface area contributed by atoms with Crippen LogP contribution in [0.2, 0.25) is 0 Å². The molecule has 0 radical (unpaired) electrons. The summed E-state index contributed by atoms with van der Waals surface area (Å²) in [6, 6.07) is 16.0. The quantitative estimate of drug-likeness (QED) is 0.185. The van der Waals surface area contributed by atoms with Crippen LogP contribution in [0.3, 0.4) is 0 Å². The van der Waals surface area contributed by atoms with Crippen LogP contribution in [0, 0.1) is 0 Å². The first-order valence-electron chi connectivity index (χ1n) is 14.3. The molecule has 0 bridgehead atoms. The lowest BCUT2D eigenvalue weighted by molar-refractivity contribution is 0.463. The zero-order valence-electron chi connectivity index (χ0n) is 21.6. The molecule has 0 heterocycles. The minimum Gasteiger partial charge on any atom is -0.330 e. The van der Waals surface area contributed by atoms with E-state index in [2.05, 4.69) is 54.7 Å². The van der Waals surface area contributed by atoms with E-state index in [1.54, 1.807) is 0 Å². The Kier molecular flexibility index (Phi) is 16.0. The number of nitrogens with two attached hydrogens (primary N) is 1. The second-order valence-corrected chi connectivity index (χ2v) is 9.96. The lowest BCUT2D eigenvalue weighted by Gasteiger charge is -2.21. The van der Waals surface area contributed by atoms with E-state index >= 15 is 0 Å². The van der Waals surface area contributed by atoms with Crippen LogP contribution >= 0.6 is 0 Å². The van der Waals surface area contributed by atoms with E-state index in [9.17, 15) is 0 Å². The first-order chi connectivity index (χ1) is 16.4. The van der Waals surface area contributed by atoms with E-state index in [1.165, 1.54) is 119 Å². The summed E-state index contributed by atoms with van der Waals surface area (Å²) in [5.74, 6) is 0. The van der Waals surface area contributed by atoms with Gasteiger partial charge >= 0.3 is 0 Å². The second-order valence-electron chi connectivity index (χ2n) is 9.96. The Labute approximate surface area is 205 Å². The van der Waals surface area contributed by atoms with E-state index in [0.29, 0.717) is 6.04 Å². The fourth-order valence-electron chi connectivity index (χ4n) is 5.02. The van der Waals surface area contributed by atoms with Crippen LogP contribution in [0.5, 0.6) is 0 Å². The Morgan fingerprint density at radius 1 is 0.636 bits per heavy atom. The molecule has 2 heteroatoms. The van der Waals surface area contributed by atoms with Crippen molar-refractivity contribution in [2.24, 2.45) is 5.73 Å². The zero-order chi connectivity index (χ0) is 23.4. The standard InChI is InChI=1S/C31H52N2/c1-2-3-4-5-6-7-8-9-10-11-12-13-14-15-16-25-31(33-27-20-26-32)30-24-19-22-28-21-17-18-23-29(28)30/h17-19,21-24,31,33H,2-16,20,25-27,32H2,1H3. The third-order valence-corrected chi connectivity index (χ3v) is 7.07. The average molecular weight is 453 g/mol. The molecule has 0 fully saturated rings. The van der Waals surface area contributed by atoms with Crippen molar-refractivity contribution in [1.29, 1.82) is 0 Å². The molecule has 2 rings (SSSR count). The number of nitrogens with one attached hydrogen (secondary N) is 1. The van der Waals surface area contributed by atoms with Gasteiger partial charge in [-0.05, 0) is 42.3 Å². The molecule has 0 amide bonds. The van der Waals surface area contributed by atoms with Crippen molar-refractivity contribution in [3.05, 3.63) is 48.0 Å². The lowest BCUT2D eigenvalue weighted by Crippen LogP contribution is -2.24. The molecule has 2 nitrogen and oxygen atoms in total. The highest BCUT2D eigenvalue weighted by atomic mass is 14.9. The minimum atomic E-state index is 0.435. The molecule has 0 saturated carbocycles. The highest BCUT2D eigenvalue weighted by Gasteiger charge is 2.13.